The van der Waals surface area contributed by atoms with E-state index < -0.39 is 87.0 Å². The standard InChI is InChI=1S/C17H25F4N3O4S.C12H16ClF4N3O2S.CH4O.ClHN4/c1-15(2,3)28-14(25)24-8-6-11(7-9-24)16(4,18)29(26,27)13-10-12(17(19,20)21)22-23(13)5;1-11(14,8-3-5-20(13)6-4-8)23(21,22)10-7-9(12(15,16)17)18-19(10)2;1-2;1-3-5-4-2/h10-11H,6-9H2,1-5H3;7-8H,3-6H2,1-2H3;2H,1H3;2H/t16-;11-;;/m11../s1. The first-order valence-electron chi connectivity index (χ1n) is 17.1. The van der Waals surface area contributed by atoms with Crippen LogP contribution in [-0.4, -0.2) is 106 Å². The molecule has 2 atom stereocenters. The maximum absolute atomic E-state index is 15.5. The second-order valence-corrected chi connectivity index (χ2v) is 19.2. The quantitative estimate of drug-likeness (QED) is 0.121. The molecule has 4 rings (SSSR count). The van der Waals surface area contributed by atoms with Crippen LogP contribution in [0.25, 0.3) is 0 Å². The summed E-state index contributed by atoms with van der Waals surface area (Å²) in [4.78, 5) is 13.5. The highest BCUT2D eigenvalue weighted by Crippen LogP contribution is 2.42. The molecule has 2 fully saturated rings. The Bertz CT molecular complexity index is 1960. The van der Waals surface area contributed by atoms with Gasteiger partial charge in [0.15, 0.2) is 21.4 Å². The number of carbonyl (C=O) groups is 1. The number of piperidine rings is 2. The van der Waals surface area contributed by atoms with E-state index >= 15 is 8.78 Å². The lowest BCUT2D eigenvalue weighted by Gasteiger charge is -2.37. The summed E-state index contributed by atoms with van der Waals surface area (Å²) in [6.45, 7) is 7.60. The Labute approximate surface area is 345 Å². The Balaban J connectivity index is 0.000000519. The number of nitrogens with one attached hydrogen (secondary N) is 1. The topological polar surface area (TPSA) is 218 Å². The van der Waals surface area contributed by atoms with E-state index in [-0.39, 0.29) is 38.8 Å². The van der Waals surface area contributed by atoms with Crippen LogP contribution in [0.2, 0.25) is 0 Å². The monoisotopic (exact) mass is 944 g/mol. The molecule has 0 unspecified atom stereocenters. The summed E-state index contributed by atoms with van der Waals surface area (Å²) >= 11 is 10.3. The predicted molar refractivity (Wildman–Crippen MR) is 194 cm³/mol. The molecule has 17 nitrogen and oxygen atoms in total. The van der Waals surface area contributed by atoms with Gasteiger partial charge >= 0.3 is 18.4 Å². The largest absolute Gasteiger partial charge is 0.444 e. The maximum Gasteiger partial charge on any atom is 0.435 e. The summed E-state index contributed by atoms with van der Waals surface area (Å²) in [5.74, 6) is -1.86. The number of aromatic nitrogens is 4. The molecule has 1 amide bonds. The third kappa shape index (κ3) is 13.6. The fraction of sp³-hybridized carbons (Fsp3) is 0.767. The minimum absolute atomic E-state index is 0.0233. The summed E-state index contributed by atoms with van der Waals surface area (Å²) in [6.07, 6.45) is -9.80. The highest BCUT2D eigenvalue weighted by atomic mass is 35.5. The van der Waals surface area contributed by atoms with Crippen molar-refractivity contribution in [3.63, 3.8) is 0 Å². The van der Waals surface area contributed by atoms with E-state index in [1.807, 2.05) is 0 Å². The molecule has 29 heteroatoms. The van der Waals surface area contributed by atoms with Gasteiger partial charge in [-0.25, -0.2) is 34.8 Å². The molecule has 340 valence electrons. The first-order chi connectivity index (χ1) is 26.7. The third-order valence-corrected chi connectivity index (χ3v) is 14.0. The van der Waals surface area contributed by atoms with Gasteiger partial charge in [0.05, 0.1) is 11.8 Å². The molecular weight excluding hydrogens is 899 g/mol. The lowest BCUT2D eigenvalue weighted by Crippen LogP contribution is -2.48. The number of hydrogen-bond acceptors (Lipinski definition) is 12. The Morgan fingerprint density at radius 3 is 1.36 bits per heavy atom. The molecule has 2 aromatic rings. The van der Waals surface area contributed by atoms with Gasteiger partial charge in [-0.2, -0.15) is 42.1 Å². The number of alkyl halides is 8. The summed E-state index contributed by atoms with van der Waals surface area (Å²) in [5.41, 5.74) is 2.40. The Morgan fingerprint density at radius 1 is 0.763 bits per heavy atom. The fourth-order valence-corrected chi connectivity index (χ4v) is 9.52. The number of nitrogens with zero attached hydrogens (tertiary/aromatic N) is 9. The van der Waals surface area contributed by atoms with E-state index in [1.165, 1.54) is 9.32 Å². The number of hydrogen-bond donors (Lipinski definition) is 2. The molecule has 0 bridgehead atoms. The summed E-state index contributed by atoms with van der Waals surface area (Å²) in [5, 5.41) is 11.2. The number of aryl methyl sites for hydroxylation is 2. The molecule has 59 heavy (non-hydrogen) atoms. The SMILES string of the molecule is CO.Cn1nc(C(F)(F)F)cc1S(=O)(=O)[C@@](C)(F)C1CCN(C(=O)OC(C)(C)C)CC1.Cn1nc(C(F)(F)F)cc1S(=O)(=O)[C@@](C)(F)C1CCN(Cl)CC1.N=NN=NCl. The van der Waals surface area contributed by atoms with Crippen molar-refractivity contribution in [1.82, 2.24) is 28.9 Å². The van der Waals surface area contributed by atoms with Crippen LogP contribution in [0.5, 0.6) is 0 Å². The molecule has 2 saturated heterocycles. The first-order valence-corrected chi connectivity index (χ1v) is 20.7. The van der Waals surface area contributed by atoms with Crippen LogP contribution in [-0.2, 0) is 50.9 Å². The Kier molecular flexibility index (Phi) is 18.7. The van der Waals surface area contributed by atoms with E-state index in [0.29, 0.717) is 34.6 Å². The average Bonchev–Trinajstić information content (AvgIpc) is 3.73. The first kappa shape index (κ1) is 53.7. The lowest BCUT2D eigenvalue weighted by molar-refractivity contribution is -0.142. The fourth-order valence-electron chi connectivity index (χ4n) is 5.81. The zero-order valence-electron chi connectivity index (χ0n) is 33.0. The highest BCUT2D eigenvalue weighted by molar-refractivity contribution is 7.92. The van der Waals surface area contributed by atoms with Gasteiger partial charge in [-0.1, -0.05) is 4.63 Å². The number of sulfone groups is 2. The summed E-state index contributed by atoms with van der Waals surface area (Å²) in [7, 11) is -6.37. The molecule has 2 aromatic heterocycles. The van der Waals surface area contributed by atoms with Crippen molar-refractivity contribution in [1.29, 1.82) is 5.53 Å². The van der Waals surface area contributed by atoms with Crippen LogP contribution in [0.1, 0.15) is 71.7 Å². The van der Waals surface area contributed by atoms with E-state index in [9.17, 15) is 48.0 Å². The highest BCUT2D eigenvalue weighted by Gasteiger charge is 2.52. The number of halogens is 10. The molecule has 4 heterocycles. The van der Waals surface area contributed by atoms with E-state index in [0.717, 1.165) is 35.1 Å². The Morgan fingerprint density at radius 2 is 1.10 bits per heavy atom. The van der Waals surface area contributed by atoms with Crippen molar-refractivity contribution in [3.8, 4) is 0 Å². The van der Waals surface area contributed by atoms with Gasteiger partial charge in [-0.15, -0.1) is 0 Å². The molecule has 0 aliphatic carbocycles. The Hall–Kier alpha value is -3.27. The molecular formula is C30H46Cl2F8N10O7S2. The van der Waals surface area contributed by atoms with E-state index in [4.69, 9.17) is 27.2 Å². The molecule has 2 aliphatic rings. The number of aliphatic hydroxyl groups is 1. The van der Waals surface area contributed by atoms with Crippen molar-refractivity contribution >= 4 is 49.3 Å². The number of aliphatic hydroxyl groups excluding tert-OH is 1. The number of likely N-dealkylation sites (tertiary alicyclic amines) is 1. The summed E-state index contributed by atoms with van der Waals surface area (Å²) < 4.78 is 168. The normalized spacial score (nSPS) is 18.6. The second-order valence-electron chi connectivity index (χ2n) is 14.1. The maximum atomic E-state index is 15.5. The molecule has 0 saturated carbocycles. The zero-order valence-corrected chi connectivity index (χ0v) is 36.1. The minimum atomic E-state index is -4.85. The van der Waals surface area contributed by atoms with Crippen LogP contribution in [0.15, 0.2) is 37.3 Å². The number of amides is 1. The number of ether oxygens (including phenoxy) is 1. The molecule has 2 aliphatic heterocycles. The van der Waals surface area contributed by atoms with Crippen LogP contribution in [0.3, 0.4) is 0 Å². The third-order valence-electron chi connectivity index (χ3n) is 8.98. The van der Waals surface area contributed by atoms with Crippen LogP contribution in [0.4, 0.5) is 39.9 Å². The van der Waals surface area contributed by atoms with Gasteiger partial charge in [-0.3, -0.25) is 9.36 Å². The smallest absolute Gasteiger partial charge is 0.435 e. The van der Waals surface area contributed by atoms with Gasteiger partial charge in [0.1, 0.15) is 5.60 Å². The van der Waals surface area contributed by atoms with Crippen molar-refractivity contribution in [3.05, 3.63) is 23.5 Å². The van der Waals surface area contributed by atoms with Gasteiger partial charge < -0.3 is 14.7 Å². The van der Waals surface area contributed by atoms with Crippen molar-refractivity contribution in [2.24, 2.45) is 41.0 Å². The predicted octanol–water partition coefficient (Wildman–Crippen LogP) is 7.46. The van der Waals surface area contributed by atoms with E-state index in [2.05, 4.69) is 37.1 Å². The van der Waals surface area contributed by atoms with Crippen LogP contribution in [0, 0.1) is 17.4 Å². The number of rotatable bonds is 7. The van der Waals surface area contributed by atoms with Gasteiger partial charge in [-0.05, 0) is 82.5 Å². The van der Waals surface area contributed by atoms with Crippen LogP contribution < -0.4 is 0 Å². The van der Waals surface area contributed by atoms with Gasteiger partial charge in [0.25, 0.3) is 0 Å². The number of carbonyl (C=O) groups excluding carboxylic acids is 1. The van der Waals surface area contributed by atoms with Crippen molar-refractivity contribution in [2.45, 2.75) is 98.3 Å². The van der Waals surface area contributed by atoms with Gasteiger partial charge in [0, 0.05) is 71.4 Å². The zero-order chi connectivity index (χ0) is 46.2. The lowest BCUT2D eigenvalue weighted by atomic mass is 9.92. The molecule has 0 aromatic carbocycles. The van der Waals surface area contributed by atoms with Crippen molar-refractivity contribution in [2.75, 3.05) is 33.3 Å². The molecule has 0 spiro atoms. The summed E-state index contributed by atoms with van der Waals surface area (Å²) in [6, 6.07) is 0.701. The molecule has 0 radical (unpaired) electrons. The average molecular weight is 946 g/mol. The van der Waals surface area contributed by atoms with Gasteiger partial charge in [0.2, 0.25) is 29.7 Å². The second kappa shape index (κ2) is 20.5. The van der Waals surface area contributed by atoms with Crippen molar-refractivity contribution < 1.29 is 66.6 Å². The van der Waals surface area contributed by atoms with Crippen LogP contribution >= 0.6 is 23.6 Å². The minimum Gasteiger partial charge on any atom is -0.444 e. The van der Waals surface area contributed by atoms with E-state index in [1.54, 1.807) is 20.8 Å². The molecule has 2 N–H and O–H groups in total.